The van der Waals surface area contributed by atoms with E-state index in [-0.39, 0.29) is 11.6 Å². The molecule has 2 amide bonds. The maximum Gasteiger partial charge on any atom is 0.416 e. The first-order valence-corrected chi connectivity index (χ1v) is 15.2. The number of rotatable bonds is 10. The summed E-state index contributed by atoms with van der Waals surface area (Å²) >= 11 is 0. The number of carbonyl (C=O) groups excluding carboxylic acids is 1. The molecule has 1 atom stereocenters. The molecule has 0 saturated carbocycles. The Hall–Kier alpha value is -4.83. The number of urea groups is 1. The van der Waals surface area contributed by atoms with Gasteiger partial charge >= 0.3 is 12.2 Å². The molecule has 3 aromatic carbocycles. The first-order valence-electron chi connectivity index (χ1n) is 13.2. The monoisotopic (exact) mass is 648 g/mol. The molecule has 0 spiro atoms. The van der Waals surface area contributed by atoms with Crippen LogP contribution in [0.15, 0.2) is 71.8 Å². The van der Waals surface area contributed by atoms with Gasteiger partial charge in [0.05, 0.1) is 26.7 Å². The Bertz CT molecular complexity index is 1820. The predicted molar refractivity (Wildman–Crippen MR) is 163 cm³/mol. The number of nitrogens with one attached hydrogen (secondary N) is 5. The molecule has 45 heavy (non-hydrogen) atoms. The minimum Gasteiger partial charge on any atom is -0.368 e. The SMILES string of the molecule is CN(C)CCNc1nc(Nc2cccc(S(C)(=N)=O)c2)ncc1-c1ccc(NC(=O)Nc2cc(C(F)(F)F)ccc2F)c(F)c1. The highest BCUT2D eigenvalue weighted by molar-refractivity contribution is 7.91. The standard InChI is InChI=1S/C29H29F5N8O2S/c1-42(2)12-11-36-26-21(16-37-27(41-26)38-19-5-4-6-20(15-19)45(3,35)44)17-7-10-24(23(31)13-17)39-28(43)40-25-14-18(29(32,33)34)8-9-22(25)30/h4-10,13-16,35H,11-12H2,1-3H3,(H2,39,40,43)(H2,36,37,38,41). The third-order valence-electron chi connectivity index (χ3n) is 6.25. The molecule has 0 aliphatic rings. The van der Waals surface area contributed by atoms with Gasteiger partial charge in [-0.1, -0.05) is 12.1 Å². The van der Waals surface area contributed by atoms with E-state index in [1.165, 1.54) is 24.6 Å². The molecule has 4 aromatic rings. The normalized spacial score (nSPS) is 12.8. The van der Waals surface area contributed by atoms with Crippen LogP contribution in [0.1, 0.15) is 5.56 Å². The van der Waals surface area contributed by atoms with E-state index in [1.807, 2.05) is 24.3 Å². The van der Waals surface area contributed by atoms with E-state index in [4.69, 9.17) is 4.78 Å². The molecule has 16 heteroatoms. The Labute approximate surface area is 256 Å². The summed E-state index contributed by atoms with van der Waals surface area (Å²) in [7, 11) is 0.826. The van der Waals surface area contributed by atoms with Crippen LogP contribution >= 0.6 is 0 Å². The van der Waals surface area contributed by atoms with E-state index in [0.717, 1.165) is 6.07 Å². The van der Waals surface area contributed by atoms with Crippen LogP contribution in [-0.4, -0.2) is 58.5 Å². The van der Waals surface area contributed by atoms with Gasteiger partial charge in [0.1, 0.15) is 17.5 Å². The number of alkyl halides is 3. The van der Waals surface area contributed by atoms with Gasteiger partial charge in [0.25, 0.3) is 0 Å². The van der Waals surface area contributed by atoms with E-state index >= 15 is 4.39 Å². The number of halogens is 5. The van der Waals surface area contributed by atoms with Crippen molar-refractivity contribution in [1.82, 2.24) is 14.9 Å². The van der Waals surface area contributed by atoms with Crippen molar-refractivity contribution in [3.63, 3.8) is 0 Å². The molecular formula is C29H29F5N8O2S. The maximum absolute atomic E-state index is 15.1. The van der Waals surface area contributed by atoms with Gasteiger partial charge in [0.2, 0.25) is 5.95 Å². The fourth-order valence-electron chi connectivity index (χ4n) is 3.99. The summed E-state index contributed by atoms with van der Waals surface area (Å²) in [5, 5.41) is 10.3. The van der Waals surface area contributed by atoms with Crippen molar-refractivity contribution in [1.29, 1.82) is 4.78 Å². The summed E-state index contributed by atoms with van der Waals surface area (Å²) in [6, 6.07) is 10.7. The minimum atomic E-state index is -4.76. The summed E-state index contributed by atoms with van der Waals surface area (Å²) in [5.41, 5.74) is -0.952. The van der Waals surface area contributed by atoms with E-state index in [1.54, 1.807) is 24.3 Å². The van der Waals surface area contributed by atoms with Crippen LogP contribution < -0.4 is 21.3 Å². The zero-order valence-corrected chi connectivity index (χ0v) is 25.0. The average molecular weight is 649 g/mol. The molecular weight excluding hydrogens is 619 g/mol. The Morgan fingerprint density at radius 2 is 1.71 bits per heavy atom. The molecule has 0 aliphatic heterocycles. The van der Waals surface area contributed by atoms with Gasteiger partial charge in [-0.25, -0.2) is 27.5 Å². The molecule has 0 radical (unpaired) electrons. The Kier molecular flexibility index (Phi) is 9.87. The molecule has 5 N–H and O–H groups in total. The molecule has 1 unspecified atom stereocenters. The fourth-order valence-corrected chi connectivity index (χ4v) is 4.68. The highest BCUT2D eigenvalue weighted by atomic mass is 32.2. The molecule has 0 fully saturated rings. The van der Waals surface area contributed by atoms with Gasteiger partial charge in [-0.05, 0) is 68.2 Å². The van der Waals surface area contributed by atoms with Crippen LogP contribution in [0, 0.1) is 16.4 Å². The number of likely N-dealkylation sites (N-methyl/N-ethyl adjacent to an activating group) is 1. The third-order valence-corrected chi connectivity index (χ3v) is 7.40. The second kappa shape index (κ2) is 13.4. The number of benzene rings is 3. The van der Waals surface area contributed by atoms with Crippen molar-refractivity contribution < 1.29 is 31.0 Å². The summed E-state index contributed by atoms with van der Waals surface area (Å²) in [6.45, 7) is 1.11. The molecule has 238 valence electrons. The highest BCUT2D eigenvalue weighted by Gasteiger charge is 2.31. The lowest BCUT2D eigenvalue weighted by molar-refractivity contribution is -0.137. The summed E-state index contributed by atoms with van der Waals surface area (Å²) in [5.74, 6) is -1.46. The molecule has 1 aromatic heterocycles. The number of amides is 2. The van der Waals surface area contributed by atoms with Crippen LogP contribution in [-0.2, 0) is 15.9 Å². The molecule has 0 bridgehead atoms. The molecule has 0 saturated heterocycles. The molecule has 10 nitrogen and oxygen atoms in total. The zero-order valence-electron chi connectivity index (χ0n) is 24.2. The second-order valence-corrected chi connectivity index (χ2v) is 12.3. The first-order chi connectivity index (χ1) is 21.1. The highest BCUT2D eigenvalue weighted by Crippen LogP contribution is 2.33. The van der Waals surface area contributed by atoms with Crippen LogP contribution in [0.2, 0.25) is 0 Å². The van der Waals surface area contributed by atoms with Gasteiger partial charge in [0.15, 0.2) is 0 Å². The zero-order chi connectivity index (χ0) is 32.9. The Morgan fingerprint density at radius 1 is 0.978 bits per heavy atom. The topological polar surface area (TPSA) is 135 Å². The Morgan fingerprint density at radius 3 is 2.38 bits per heavy atom. The van der Waals surface area contributed by atoms with Crippen molar-refractivity contribution in [2.45, 2.75) is 11.1 Å². The van der Waals surface area contributed by atoms with Crippen molar-refractivity contribution in [3.8, 4) is 11.1 Å². The Balaban J connectivity index is 1.56. The van der Waals surface area contributed by atoms with Gasteiger partial charge in [-0.15, -0.1) is 0 Å². The predicted octanol–water partition coefficient (Wildman–Crippen LogP) is 6.84. The van der Waals surface area contributed by atoms with Crippen molar-refractivity contribution >= 4 is 44.6 Å². The molecule has 4 rings (SSSR count). The number of anilines is 5. The fraction of sp³-hybridized carbons (Fsp3) is 0.207. The largest absolute Gasteiger partial charge is 0.416 e. The average Bonchev–Trinajstić information content (AvgIpc) is 2.94. The maximum atomic E-state index is 15.1. The number of carbonyl (C=O) groups is 1. The van der Waals surface area contributed by atoms with E-state index in [2.05, 4.69) is 25.9 Å². The van der Waals surface area contributed by atoms with Crippen molar-refractivity contribution in [2.75, 3.05) is 54.7 Å². The lowest BCUT2D eigenvalue weighted by Gasteiger charge is -2.16. The molecule has 0 aliphatic carbocycles. The lowest BCUT2D eigenvalue weighted by atomic mass is 10.1. The number of aromatic nitrogens is 2. The van der Waals surface area contributed by atoms with Crippen LogP contribution in [0.3, 0.4) is 0 Å². The smallest absolute Gasteiger partial charge is 0.368 e. The summed E-state index contributed by atoms with van der Waals surface area (Å²) in [4.78, 5) is 23.5. The lowest BCUT2D eigenvalue weighted by Crippen LogP contribution is -2.21. The third kappa shape index (κ3) is 8.86. The van der Waals surface area contributed by atoms with E-state index in [9.17, 15) is 26.6 Å². The van der Waals surface area contributed by atoms with Gasteiger partial charge in [-0.3, -0.25) is 0 Å². The quantitative estimate of drug-likeness (QED) is 0.119. The van der Waals surface area contributed by atoms with E-state index in [0.29, 0.717) is 58.8 Å². The number of hydrogen-bond acceptors (Lipinski definition) is 8. The van der Waals surface area contributed by atoms with E-state index < -0.39 is 44.8 Å². The minimum absolute atomic E-state index is 0.174. The number of nitrogens with zero attached hydrogens (tertiary/aromatic N) is 3. The van der Waals surface area contributed by atoms with Crippen LogP contribution in [0.25, 0.3) is 11.1 Å². The summed E-state index contributed by atoms with van der Waals surface area (Å²) < 4.78 is 88.1. The van der Waals surface area contributed by atoms with Crippen molar-refractivity contribution in [3.05, 3.63) is 84.1 Å². The number of hydrogen-bond donors (Lipinski definition) is 5. The van der Waals surface area contributed by atoms with Gasteiger partial charge in [-0.2, -0.15) is 18.2 Å². The van der Waals surface area contributed by atoms with Crippen LogP contribution in [0.5, 0.6) is 0 Å². The van der Waals surface area contributed by atoms with Crippen LogP contribution in [0.4, 0.5) is 55.6 Å². The van der Waals surface area contributed by atoms with Crippen molar-refractivity contribution in [2.24, 2.45) is 0 Å². The molecule has 1 heterocycles. The summed E-state index contributed by atoms with van der Waals surface area (Å²) in [6.07, 6.45) is -1.99. The van der Waals surface area contributed by atoms with Gasteiger partial charge < -0.3 is 26.2 Å². The second-order valence-electron chi connectivity index (χ2n) is 10.1. The van der Waals surface area contributed by atoms with Gasteiger partial charge in [0, 0.05) is 41.7 Å². The first kappa shape index (κ1) is 33.1.